The SMILES string of the molecule is Clc1cocc1-c1ccccc1. The fourth-order valence-corrected chi connectivity index (χ4v) is 1.31. The number of furan rings is 1. The van der Waals surface area contributed by atoms with E-state index >= 15 is 0 Å². The monoisotopic (exact) mass is 178 g/mol. The van der Waals surface area contributed by atoms with Crippen molar-refractivity contribution >= 4 is 11.6 Å². The van der Waals surface area contributed by atoms with Crippen molar-refractivity contribution in [2.24, 2.45) is 0 Å². The number of rotatable bonds is 1. The maximum absolute atomic E-state index is 5.88. The van der Waals surface area contributed by atoms with Gasteiger partial charge in [-0.3, -0.25) is 0 Å². The first kappa shape index (κ1) is 7.44. The number of benzene rings is 1. The smallest absolute Gasteiger partial charge is 0.110 e. The summed E-state index contributed by atoms with van der Waals surface area (Å²) in [5.74, 6) is 0. The van der Waals surface area contributed by atoms with Crippen molar-refractivity contribution < 1.29 is 4.42 Å². The summed E-state index contributed by atoms with van der Waals surface area (Å²) < 4.78 is 4.97. The quantitative estimate of drug-likeness (QED) is 0.651. The van der Waals surface area contributed by atoms with Crippen LogP contribution in [0.1, 0.15) is 0 Å². The van der Waals surface area contributed by atoms with E-state index in [-0.39, 0.29) is 0 Å². The molecule has 0 saturated carbocycles. The lowest BCUT2D eigenvalue weighted by molar-refractivity contribution is 0.568. The Bertz CT molecular complexity index is 364. The molecular weight excluding hydrogens is 172 g/mol. The van der Waals surface area contributed by atoms with Gasteiger partial charge in [-0.05, 0) is 5.56 Å². The molecule has 0 amide bonds. The molecule has 2 aromatic rings. The molecule has 0 radical (unpaired) electrons. The van der Waals surface area contributed by atoms with E-state index in [0.29, 0.717) is 5.02 Å². The summed E-state index contributed by atoms with van der Waals surface area (Å²) in [6, 6.07) is 9.91. The van der Waals surface area contributed by atoms with Crippen molar-refractivity contribution in [3.63, 3.8) is 0 Å². The van der Waals surface area contributed by atoms with Crippen molar-refractivity contribution in [1.29, 1.82) is 0 Å². The third-order valence-electron chi connectivity index (χ3n) is 1.70. The van der Waals surface area contributed by atoms with E-state index < -0.39 is 0 Å². The summed E-state index contributed by atoms with van der Waals surface area (Å²) >= 11 is 5.88. The topological polar surface area (TPSA) is 13.1 Å². The molecule has 0 aliphatic carbocycles. The van der Waals surface area contributed by atoms with Crippen LogP contribution in [-0.4, -0.2) is 0 Å². The summed E-state index contributed by atoms with van der Waals surface area (Å²) in [4.78, 5) is 0. The second-order valence-corrected chi connectivity index (χ2v) is 2.91. The molecule has 0 bridgehead atoms. The lowest BCUT2D eigenvalue weighted by Crippen LogP contribution is -1.71. The van der Waals surface area contributed by atoms with Crippen LogP contribution in [0.15, 0.2) is 47.3 Å². The normalized spacial score (nSPS) is 10.1. The third-order valence-corrected chi connectivity index (χ3v) is 1.99. The average molecular weight is 179 g/mol. The van der Waals surface area contributed by atoms with Crippen molar-refractivity contribution in [3.8, 4) is 11.1 Å². The molecule has 0 spiro atoms. The fraction of sp³-hybridized carbons (Fsp3) is 0. The van der Waals surface area contributed by atoms with Crippen LogP contribution in [0.5, 0.6) is 0 Å². The molecular formula is C10H7ClO. The second-order valence-electron chi connectivity index (χ2n) is 2.50. The highest BCUT2D eigenvalue weighted by atomic mass is 35.5. The minimum Gasteiger partial charge on any atom is -0.470 e. The van der Waals surface area contributed by atoms with Crippen molar-refractivity contribution in [1.82, 2.24) is 0 Å². The molecule has 60 valence electrons. The van der Waals surface area contributed by atoms with Gasteiger partial charge in [0, 0.05) is 5.56 Å². The van der Waals surface area contributed by atoms with Crippen LogP contribution in [-0.2, 0) is 0 Å². The first-order chi connectivity index (χ1) is 5.88. The van der Waals surface area contributed by atoms with Crippen LogP contribution in [0.2, 0.25) is 5.02 Å². The summed E-state index contributed by atoms with van der Waals surface area (Å²) in [5.41, 5.74) is 2.02. The van der Waals surface area contributed by atoms with Crippen LogP contribution >= 0.6 is 11.6 Å². The molecule has 1 nitrogen and oxygen atoms in total. The van der Waals surface area contributed by atoms with Gasteiger partial charge in [0.2, 0.25) is 0 Å². The zero-order valence-electron chi connectivity index (χ0n) is 6.33. The molecule has 1 aromatic carbocycles. The lowest BCUT2D eigenvalue weighted by atomic mass is 10.1. The second kappa shape index (κ2) is 3.03. The molecule has 0 aliphatic rings. The van der Waals surface area contributed by atoms with Crippen molar-refractivity contribution in [2.75, 3.05) is 0 Å². The first-order valence-electron chi connectivity index (χ1n) is 3.65. The van der Waals surface area contributed by atoms with Gasteiger partial charge in [0.25, 0.3) is 0 Å². The van der Waals surface area contributed by atoms with E-state index in [1.54, 1.807) is 6.26 Å². The fourth-order valence-electron chi connectivity index (χ4n) is 1.11. The molecule has 0 unspecified atom stereocenters. The Hall–Kier alpha value is -1.21. The number of hydrogen-bond acceptors (Lipinski definition) is 1. The highest BCUT2D eigenvalue weighted by Gasteiger charge is 2.03. The van der Waals surface area contributed by atoms with Crippen LogP contribution in [0.4, 0.5) is 0 Å². The van der Waals surface area contributed by atoms with Gasteiger partial charge in [0.1, 0.15) is 6.26 Å². The maximum atomic E-state index is 5.88. The predicted molar refractivity (Wildman–Crippen MR) is 49.2 cm³/mol. The van der Waals surface area contributed by atoms with E-state index in [4.69, 9.17) is 16.0 Å². The molecule has 0 aliphatic heterocycles. The standard InChI is InChI=1S/C10H7ClO/c11-10-7-12-6-9(10)8-4-2-1-3-5-8/h1-7H. The van der Waals surface area contributed by atoms with E-state index in [9.17, 15) is 0 Å². The zero-order chi connectivity index (χ0) is 8.39. The van der Waals surface area contributed by atoms with Crippen molar-refractivity contribution in [2.45, 2.75) is 0 Å². The van der Waals surface area contributed by atoms with Crippen LogP contribution < -0.4 is 0 Å². The van der Waals surface area contributed by atoms with E-state index in [1.807, 2.05) is 30.3 Å². The molecule has 2 heteroatoms. The number of halogens is 1. The highest BCUT2D eigenvalue weighted by molar-refractivity contribution is 6.33. The summed E-state index contributed by atoms with van der Waals surface area (Å²) in [7, 11) is 0. The Morgan fingerprint density at radius 3 is 2.33 bits per heavy atom. The molecule has 2 rings (SSSR count). The Morgan fingerprint density at radius 1 is 1.00 bits per heavy atom. The highest BCUT2D eigenvalue weighted by Crippen LogP contribution is 2.27. The zero-order valence-corrected chi connectivity index (χ0v) is 7.08. The van der Waals surface area contributed by atoms with Gasteiger partial charge >= 0.3 is 0 Å². The van der Waals surface area contributed by atoms with Gasteiger partial charge in [-0.15, -0.1) is 0 Å². The summed E-state index contributed by atoms with van der Waals surface area (Å²) in [5, 5.41) is 0.654. The first-order valence-corrected chi connectivity index (χ1v) is 4.03. The predicted octanol–water partition coefficient (Wildman–Crippen LogP) is 3.60. The summed E-state index contributed by atoms with van der Waals surface area (Å²) in [6.45, 7) is 0. The minimum atomic E-state index is 0.654. The molecule has 1 heterocycles. The molecule has 0 fully saturated rings. The van der Waals surface area contributed by atoms with Crippen LogP contribution in [0.3, 0.4) is 0 Å². The average Bonchev–Trinajstić information content (AvgIpc) is 2.53. The molecule has 0 N–H and O–H groups in total. The van der Waals surface area contributed by atoms with E-state index in [2.05, 4.69) is 0 Å². The van der Waals surface area contributed by atoms with E-state index in [0.717, 1.165) is 11.1 Å². The molecule has 12 heavy (non-hydrogen) atoms. The Labute approximate surface area is 75.6 Å². The van der Waals surface area contributed by atoms with Gasteiger partial charge in [-0.2, -0.15) is 0 Å². The molecule has 1 aromatic heterocycles. The third kappa shape index (κ3) is 1.23. The van der Waals surface area contributed by atoms with Gasteiger partial charge in [-0.25, -0.2) is 0 Å². The molecule has 0 atom stereocenters. The van der Waals surface area contributed by atoms with Crippen LogP contribution in [0.25, 0.3) is 11.1 Å². The lowest BCUT2D eigenvalue weighted by Gasteiger charge is -1.95. The minimum absolute atomic E-state index is 0.654. The van der Waals surface area contributed by atoms with E-state index in [1.165, 1.54) is 6.26 Å². The maximum Gasteiger partial charge on any atom is 0.110 e. The molecule has 0 saturated heterocycles. The van der Waals surface area contributed by atoms with Crippen molar-refractivity contribution in [3.05, 3.63) is 47.9 Å². The van der Waals surface area contributed by atoms with Gasteiger partial charge in [-0.1, -0.05) is 41.9 Å². The van der Waals surface area contributed by atoms with Gasteiger partial charge < -0.3 is 4.42 Å². The van der Waals surface area contributed by atoms with Gasteiger partial charge in [0.15, 0.2) is 0 Å². The summed E-state index contributed by atoms with van der Waals surface area (Å²) in [6.07, 6.45) is 3.18. The van der Waals surface area contributed by atoms with Gasteiger partial charge in [0.05, 0.1) is 11.3 Å². The Balaban J connectivity index is 2.51. The largest absolute Gasteiger partial charge is 0.470 e. The Kier molecular flexibility index (Phi) is 1.88. The Morgan fingerprint density at radius 2 is 1.75 bits per heavy atom. The number of hydrogen-bond donors (Lipinski definition) is 0. The van der Waals surface area contributed by atoms with Crippen LogP contribution in [0, 0.1) is 0 Å².